The van der Waals surface area contributed by atoms with E-state index in [0.29, 0.717) is 24.0 Å². The first-order valence-electron chi connectivity index (χ1n) is 11.2. The summed E-state index contributed by atoms with van der Waals surface area (Å²) >= 11 is 0. The molecule has 3 rings (SSSR count). The quantitative estimate of drug-likeness (QED) is 0.424. The Hall–Kier alpha value is -2.49. The van der Waals surface area contributed by atoms with Gasteiger partial charge in [0.15, 0.2) is 6.61 Å². The average Bonchev–Trinajstić information content (AvgIpc) is 3.25. The average molecular weight is 411 g/mol. The fourth-order valence-electron chi connectivity index (χ4n) is 3.96. The molecule has 0 spiro atoms. The molecule has 2 aromatic carbocycles. The SMILES string of the molecule is CCC(C)c1ccc(COc2cccc(OCC(=O)OC3(CC)CCCC3)c2)cc1. The van der Waals surface area contributed by atoms with Crippen LogP contribution >= 0.6 is 0 Å². The van der Waals surface area contributed by atoms with Crippen LogP contribution in [0.3, 0.4) is 0 Å². The molecule has 0 bridgehead atoms. The standard InChI is InChI=1S/C26H34O4/c1-4-20(3)22-13-11-21(12-14-22)18-28-23-9-8-10-24(17-23)29-19-25(27)30-26(5-2)15-6-7-16-26/h8-14,17,20H,4-7,15-16,18-19H2,1-3H3. The van der Waals surface area contributed by atoms with Gasteiger partial charge in [-0.2, -0.15) is 0 Å². The monoisotopic (exact) mass is 410 g/mol. The van der Waals surface area contributed by atoms with E-state index in [-0.39, 0.29) is 18.2 Å². The van der Waals surface area contributed by atoms with Crippen LogP contribution in [-0.2, 0) is 16.1 Å². The highest BCUT2D eigenvalue weighted by molar-refractivity contribution is 5.71. The normalized spacial score (nSPS) is 16.1. The number of benzene rings is 2. The molecule has 1 aliphatic rings. The molecule has 30 heavy (non-hydrogen) atoms. The van der Waals surface area contributed by atoms with Gasteiger partial charge in [-0.25, -0.2) is 4.79 Å². The third kappa shape index (κ3) is 6.01. The van der Waals surface area contributed by atoms with Gasteiger partial charge in [-0.3, -0.25) is 0 Å². The predicted molar refractivity (Wildman–Crippen MR) is 119 cm³/mol. The summed E-state index contributed by atoms with van der Waals surface area (Å²) in [6.45, 7) is 6.93. The van der Waals surface area contributed by atoms with Gasteiger partial charge in [0.25, 0.3) is 0 Å². The Balaban J connectivity index is 1.49. The van der Waals surface area contributed by atoms with Crippen molar-refractivity contribution in [3.8, 4) is 11.5 Å². The molecule has 1 saturated carbocycles. The topological polar surface area (TPSA) is 44.8 Å². The van der Waals surface area contributed by atoms with E-state index in [4.69, 9.17) is 14.2 Å². The Labute approximate surface area is 180 Å². The van der Waals surface area contributed by atoms with Crippen molar-refractivity contribution >= 4 is 5.97 Å². The third-order valence-electron chi connectivity index (χ3n) is 6.22. The molecule has 0 heterocycles. The van der Waals surface area contributed by atoms with E-state index in [9.17, 15) is 4.79 Å². The van der Waals surface area contributed by atoms with Crippen molar-refractivity contribution in [3.63, 3.8) is 0 Å². The molecule has 2 aromatic rings. The largest absolute Gasteiger partial charge is 0.489 e. The first kappa shape index (κ1) is 22.2. The molecular formula is C26H34O4. The van der Waals surface area contributed by atoms with Crippen LogP contribution in [0.2, 0.25) is 0 Å². The van der Waals surface area contributed by atoms with Crippen molar-refractivity contribution in [2.75, 3.05) is 6.61 Å². The first-order chi connectivity index (χ1) is 14.5. The zero-order valence-electron chi connectivity index (χ0n) is 18.5. The van der Waals surface area contributed by atoms with E-state index in [1.807, 2.05) is 24.3 Å². The van der Waals surface area contributed by atoms with Crippen molar-refractivity contribution < 1.29 is 19.0 Å². The maximum Gasteiger partial charge on any atom is 0.344 e. The third-order valence-corrected chi connectivity index (χ3v) is 6.22. The van der Waals surface area contributed by atoms with E-state index in [1.165, 1.54) is 5.56 Å². The molecule has 4 nitrogen and oxygen atoms in total. The lowest BCUT2D eigenvalue weighted by Gasteiger charge is -2.27. The number of carbonyl (C=O) groups excluding carboxylic acids is 1. The van der Waals surface area contributed by atoms with Crippen LogP contribution < -0.4 is 9.47 Å². The maximum atomic E-state index is 12.3. The molecule has 0 N–H and O–H groups in total. The number of carbonyl (C=O) groups is 1. The van der Waals surface area contributed by atoms with Gasteiger partial charge in [-0.15, -0.1) is 0 Å². The minimum atomic E-state index is -0.300. The van der Waals surface area contributed by atoms with E-state index in [0.717, 1.165) is 44.1 Å². The number of rotatable bonds is 10. The molecule has 162 valence electrons. The smallest absolute Gasteiger partial charge is 0.344 e. The molecular weight excluding hydrogens is 376 g/mol. The van der Waals surface area contributed by atoms with Crippen LogP contribution in [0, 0.1) is 0 Å². The fraction of sp³-hybridized carbons (Fsp3) is 0.500. The van der Waals surface area contributed by atoms with Gasteiger partial charge in [0, 0.05) is 6.07 Å². The van der Waals surface area contributed by atoms with Crippen molar-refractivity contribution in [2.24, 2.45) is 0 Å². The maximum absolute atomic E-state index is 12.3. The van der Waals surface area contributed by atoms with E-state index < -0.39 is 0 Å². The molecule has 4 heteroatoms. The lowest BCUT2D eigenvalue weighted by Crippen LogP contribution is -2.33. The minimum Gasteiger partial charge on any atom is -0.489 e. The zero-order chi connectivity index (χ0) is 21.4. The molecule has 1 fully saturated rings. The summed E-state index contributed by atoms with van der Waals surface area (Å²) in [7, 11) is 0. The van der Waals surface area contributed by atoms with E-state index >= 15 is 0 Å². The van der Waals surface area contributed by atoms with Crippen LogP contribution in [0.5, 0.6) is 11.5 Å². The molecule has 0 saturated heterocycles. The van der Waals surface area contributed by atoms with Gasteiger partial charge >= 0.3 is 5.97 Å². The highest BCUT2D eigenvalue weighted by atomic mass is 16.6. The summed E-state index contributed by atoms with van der Waals surface area (Å²) in [5.74, 6) is 1.59. The van der Waals surface area contributed by atoms with Gasteiger partial charge in [-0.05, 0) is 67.7 Å². The first-order valence-corrected chi connectivity index (χ1v) is 11.2. The van der Waals surface area contributed by atoms with Crippen molar-refractivity contribution in [1.29, 1.82) is 0 Å². The summed E-state index contributed by atoms with van der Waals surface area (Å²) in [5.41, 5.74) is 2.19. The highest BCUT2D eigenvalue weighted by Crippen LogP contribution is 2.36. The minimum absolute atomic E-state index is 0.0811. The number of ether oxygens (including phenoxy) is 3. The van der Waals surface area contributed by atoms with Crippen LogP contribution in [0.4, 0.5) is 0 Å². The van der Waals surface area contributed by atoms with Gasteiger partial charge in [0.05, 0.1) is 0 Å². The Bertz CT molecular complexity index is 806. The summed E-state index contributed by atoms with van der Waals surface area (Å²) in [6.07, 6.45) is 6.16. The fourth-order valence-corrected chi connectivity index (χ4v) is 3.96. The van der Waals surface area contributed by atoms with Gasteiger partial charge in [-0.1, -0.05) is 51.1 Å². The highest BCUT2D eigenvalue weighted by Gasteiger charge is 2.35. The molecule has 0 amide bonds. The number of esters is 1. The summed E-state index contributed by atoms with van der Waals surface area (Å²) in [6, 6.07) is 16.0. The van der Waals surface area contributed by atoms with Crippen molar-refractivity contribution in [1.82, 2.24) is 0 Å². The van der Waals surface area contributed by atoms with Gasteiger partial charge < -0.3 is 14.2 Å². The number of hydrogen-bond acceptors (Lipinski definition) is 4. The van der Waals surface area contributed by atoms with Crippen LogP contribution in [0.15, 0.2) is 48.5 Å². The Kier molecular flexibility index (Phi) is 7.78. The van der Waals surface area contributed by atoms with Crippen molar-refractivity contribution in [2.45, 2.75) is 77.4 Å². The van der Waals surface area contributed by atoms with Gasteiger partial charge in [0.1, 0.15) is 23.7 Å². The summed E-state index contributed by atoms with van der Waals surface area (Å²) in [4.78, 5) is 12.3. The second-order valence-corrected chi connectivity index (χ2v) is 8.32. The zero-order valence-corrected chi connectivity index (χ0v) is 18.5. The lowest BCUT2D eigenvalue weighted by molar-refractivity contribution is -0.162. The van der Waals surface area contributed by atoms with Gasteiger partial charge in [0.2, 0.25) is 0 Å². The molecule has 0 radical (unpaired) electrons. The molecule has 1 atom stereocenters. The molecule has 1 unspecified atom stereocenters. The predicted octanol–water partition coefficient (Wildman–Crippen LogP) is 6.42. The second-order valence-electron chi connectivity index (χ2n) is 8.32. The Morgan fingerprint density at radius 2 is 1.67 bits per heavy atom. The van der Waals surface area contributed by atoms with Crippen LogP contribution in [-0.4, -0.2) is 18.2 Å². The molecule has 1 aliphatic carbocycles. The molecule has 0 aromatic heterocycles. The molecule has 0 aliphatic heterocycles. The lowest BCUT2D eigenvalue weighted by atomic mass is 9.98. The van der Waals surface area contributed by atoms with E-state index in [2.05, 4.69) is 45.0 Å². The Morgan fingerprint density at radius 3 is 2.30 bits per heavy atom. The Morgan fingerprint density at radius 1 is 1.00 bits per heavy atom. The van der Waals surface area contributed by atoms with Crippen LogP contribution in [0.1, 0.15) is 76.3 Å². The van der Waals surface area contributed by atoms with E-state index in [1.54, 1.807) is 0 Å². The summed E-state index contributed by atoms with van der Waals surface area (Å²) < 4.78 is 17.3. The second kappa shape index (κ2) is 10.5. The van der Waals surface area contributed by atoms with Crippen LogP contribution in [0.25, 0.3) is 0 Å². The number of hydrogen-bond donors (Lipinski definition) is 0. The summed E-state index contributed by atoms with van der Waals surface area (Å²) in [5, 5.41) is 0. The van der Waals surface area contributed by atoms with Crippen molar-refractivity contribution in [3.05, 3.63) is 59.7 Å².